The largest absolute Gasteiger partial charge is 0.491 e. The van der Waals surface area contributed by atoms with Crippen molar-refractivity contribution in [3.63, 3.8) is 0 Å². The summed E-state index contributed by atoms with van der Waals surface area (Å²) in [4.78, 5) is 72.7. The Morgan fingerprint density at radius 1 is 1.16 bits per heavy atom. The number of ketones is 1. The molecule has 2 atom stereocenters. The molecule has 2 aromatic rings. The number of aliphatic imine (C=N–C) groups is 1. The molecule has 0 aliphatic rings. The minimum atomic E-state index is -1.95. The first-order chi connectivity index (χ1) is 17.9. The molecule has 38 heavy (non-hydrogen) atoms. The van der Waals surface area contributed by atoms with Crippen LogP contribution in [0, 0.1) is 0 Å². The highest BCUT2D eigenvalue weighted by Crippen LogP contribution is 2.21. The van der Waals surface area contributed by atoms with Crippen LogP contribution in [0.2, 0.25) is 0 Å². The molecule has 0 aliphatic heterocycles. The molecule has 0 fully saturated rings. The van der Waals surface area contributed by atoms with Crippen molar-refractivity contribution in [2.75, 3.05) is 11.4 Å². The third-order valence-corrected chi connectivity index (χ3v) is 5.39. The SMILES string of the molecule is CCn1c(CCCN=C(N)N)c(O)n(OC(=O)[C@H](C(C)=O)N(C(=O)[C@@H](N)CC(=O)O)c2ccccc2)c1=O. The molecule has 0 unspecified atom stereocenters. The number of amides is 1. The number of rotatable bonds is 13. The average molecular weight is 534 g/mol. The minimum absolute atomic E-state index is 0.0543. The summed E-state index contributed by atoms with van der Waals surface area (Å²) in [6, 6.07) is 3.91. The van der Waals surface area contributed by atoms with Gasteiger partial charge >= 0.3 is 17.6 Å². The number of hydrogen-bond donors (Lipinski definition) is 5. The van der Waals surface area contributed by atoms with E-state index in [2.05, 4.69) is 4.99 Å². The second kappa shape index (κ2) is 13.0. The maximum Gasteiger partial charge on any atom is 0.365 e. The lowest BCUT2D eigenvalue weighted by atomic mass is 10.1. The van der Waals surface area contributed by atoms with Crippen LogP contribution in [0.1, 0.15) is 32.4 Å². The van der Waals surface area contributed by atoms with Crippen molar-refractivity contribution in [1.82, 2.24) is 9.30 Å². The Bertz CT molecular complexity index is 1260. The van der Waals surface area contributed by atoms with Gasteiger partial charge in [0.15, 0.2) is 17.8 Å². The molecule has 0 aliphatic carbocycles. The van der Waals surface area contributed by atoms with Gasteiger partial charge in [0, 0.05) is 18.8 Å². The smallest absolute Gasteiger partial charge is 0.365 e. The van der Waals surface area contributed by atoms with Crippen LogP contribution in [0.3, 0.4) is 0 Å². The Morgan fingerprint density at radius 3 is 2.32 bits per heavy atom. The number of benzene rings is 1. The molecule has 0 saturated carbocycles. The molecule has 0 radical (unpaired) electrons. The zero-order valence-corrected chi connectivity index (χ0v) is 20.9. The van der Waals surface area contributed by atoms with Gasteiger partial charge in [0.2, 0.25) is 5.91 Å². The van der Waals surface area contributed by atoms with Crippen molar-refractivity contribution in [1.29, 1.82) is 0 Å². The number of anilines is 1. The van der Waals surface area contributed by atoms with Gasteiger partial charge in [-0.2, -0.15) is 0 Å². The number of nitrogens with two attached hydrogens (primary N) is 3. The number of aromatic nitrogens is 2. The molecule has 2 rings (SSSR count). The van der Waals surface area contributed by atoms with Gasteiger partial charge in [0.05, 0.1) is 18.2 Å². The molecule has 0 saturated heterocycles. The summed E-state index contributed by atoms with van der Waals surface area (Å²) in [5.74, 6) is -5.46. The fraction of sp³-hybridized carbons (Fsp3) is 0.391. The van der Waals surface area contributed by atoms with Crippen molar-refractivity contribution in [3.8, 4) is 5.88 Å². The second-order valence-corrected chi connectivity index (χ2v) is 8.17. The third-order valence-electron chi connectivity index (χ3n) is 5.39. The summed E-state index contributed by atoms with van der Waals surface area (Å²) >= 11 is 0. The summed E-state index contributed by atoms with van der Waals surface area (Å²) in [6.07, 6.45) is -0.285. The normalized spacial score (nSPS) is 12.3. The number of carbonyl (C=O) groups is 4. The Hall–Kier alpha value is -4.66. The van der Waals surface area contributed by atoms with Crippen molar-refractivity contribution >= 4 is 35.3 Å². The maximum absolute atomic E-state index is 13.2. The van der Waals surface area contributed by atoms with Gasteiger partial charge < -0.3 is 32.3 Å². The molecule has 8 N–H and O–H groups in total. The zero-order valence-electron chi connectivity index (χ0n) is 20.9. The molecule has 0 bridgehead atoms. The summed E-state index contributed by atoms with van der Waals surface area (Å²) in [6.45, 7) is 2.96. The van der Waals surface area contributed by atoms with Crippen LogP contribution in [-0.2, 0) is 32.1 Å². The van der Waals surface area contributed by atoms with E-state index < -0.39 is 53.7 Å². The van der Waals surface area contributed by atoms with Gasteiger partial charge in [-0.15, -0.1) is 0 Å². The van der Waals surface area contributed by atoms with Crippen LogP contribution in [0.15, 0.2) is 40.1 Å². The van der Waals surface area contributed by atoms with E-state index in [1.165, 1.54) is 24.3 Å². The lowest BCUT2D eigenvalue weighted by Gasteiger charge is -2.30. The molecule has 0 spiro atoms. The van der Waals surface area contributed by atoms with Crippen molar-refractivity contribution in [2.24, 2.45) is 22.2 Å². The topological polar surface area (TPSA) is 239 Å². The number of imidazole rings is 1. The van der Waals surface area contributed by atoms with E-state index in [4.69, 9.17) is 27.1 Å². The molecular formula is C23H31N7O8. The lowest BCUT2D eigenvalue weighted by Crippen LogP contribution is -2.57. The summed E-state index contributed by atoms with van der Waals surface area (Å²) in [5, 5.41) is 19.7. The number of para-hydroxylation sites is 1. The van der Waals surface area contributed by atoms with Crippen molar-refractivity contribution in [2.45, 2.75) is 51.7 Å². The fourth-order valence-electron chi connectivity index (χ4n) is 3.70. The minimum Gasteiger partial charge on any atom is -0.491 e. The summed E-state index contributed by atoms with van der Waals surface area (Å²) in [5.41, 5.74) is 15.6. The number of carbonyl (C=O) groups excluding carboxylic acids is 3. The van der Waals surface area contributed by atoms with Crippen LogP contribution >= 0.6 is 0 Å². The Kier molecular flexibility index (Phi) is 10.2. The highest BCUT2D eigenvalue weighted by molar-refractivity contribution is 6.13. The molecule has 1 aromatic carbocycles. The van der Waals surface area contributed by atoms with Gasteiger partial charge in [-0.3, -0.25) is 28.8 Å². The zero-order chi connectivity index (χ0) is 28.6. The fourth-order valence-corrected chi connectivity index (χ4v) is 3.70. The number of aliphatic carboxylic acids is 1. The van der Waals surface area contributed by atoms with E-state index in [-0.39, 0.29) is 36.9 Å². The number of carboxylic acids is 1. The highest BCUT2D eigenvalue weighted by atomic mass is 16.7. The first kappa shape index (κ1) is 29.6. The standard InChI is InChI=1S/C23H31N7O8/c1-3-28-16(10-7-11-27-22(25)26)20(35)30(23(28)37)38-21(36)18(13(2)31)29(14-8-5-4-6-9-14)19(34)15(24)12-17(32)33/h4-6,8-9,15,18,35H,3,7,10-12,24H2,1-2H3,(H,32,33)(H4,25,26,27)/t15-,18-/m0/s1. The molecule has 15 heteroatoms. The number of guanidine groups is 1. The molecule has 1 aromatic heterocycles. The molecule has 1 amide bonds. The van der Waals surface area contributed by atoms with E-state index >= 15 is 0 Å². The van der Waals surface area contributed by atoms with Gasteiger partial charge in [-0.05, 0) is 38.8 Å². The van der Waals surface area contributed by atoms with Gasteiger partial charge in [0.25, 0.3) is 5.88 Å². The predicted octanol–water partition coefficient (Wildman–Crippen LogP) is -1.67. The van der Waals surface area contributed by atoms with E-state index in [0.29, 0.717) is 16.1 Å². The van der Waals surface area contributed by atoms with Crippen LogP contribution < -0.4 is 32.6 Å². The average Bonchev–Trinajstić information content (AvgIpc) is 3.07. The van der Waals surface area contributed by atoms with Crippen molar-refractivity contribution in [3.05, 3.63) is 46.5 Å². The number of hydrogen-bond acceptors (Lipinski definition) is 9. The number of Topliss-reactive ketones (excluding diaryl/α,β-unsaturated/α-hetero) is 1. The van der Waals surface area contributed by atoms with E-state index in [9.17, 15) is 29.1 Å². The molecule has 1 heterocycles. The van der Waals surface area contributed by atoms with Crippen molar-refractivity contribution < 1.29 is 34.2 Å². The molecular weight excluding hydrogens is 502 g/mol. The second-order valence-electron chi connectivity index (χ2n) is 8.17. The van der Waals surface area contributed by atoms with E-state index in [1.54, 1.807) is 13.0 Å². The van der Waals surface area contributed by atoms with Crippen LogP contribution in [0.4, 0.5) is 5.69 Å². The lowest BCUT2D eigenvalue weighted by molar-refractivity contribution is -0.150. The number of aromatic hydroxyl groups is 1. The third kappa shape index (κ3) is 6.97. The molecule has 206 valence electrons. The van der Waals surface area contributed by atoms with E-state index in [1.807, 2.05) is 0 Å². The summed E-state index contributed by atoms with van der Waals surface area (Å²) < 4.78 is 1.48. The van der Waals surface area contributed by atoms with Gasteiger partial charge in [-0.25, -0.2) is 9.59 Å². The number of nitrogens with zero attached hydrogens (tertiary/aromatic N) is 4. The summed E-state index contributed by atoms with van der Waals surface area (Å²) in [7, 11) is 0. The van der Waals surface area contributed by atoms with Gasteiger partial charge in [-0.1, -0.05) is 22.9 Å². The highest BCUT2D eigenvalue weighted by Gasteiger charge is 2.40. The Labute approximate surface area is 217 Å². The van der Waals surface area contributed by atoms with Crippen LogP contribution in [0.5, 0.6) is 5.88 Å². The maximum atomic E-state index is 13.2. The predicted molar refractivity (Wildman–Crippen MR) is 135 cm³/mol. The quantitative estimate of drug-likeness (QED) is 0.0843. The monoisotopic (exact) mass is 533 g/mol. The van der Waals surface area contributed by atoms with Crippen LogP contribution in [0.25, 0.3) is 0 Å². The first-order valence-electron chi connectivity index (χ1n) is 11.6. The Morgan fingerprint density at radius 2 is 1.79 bits per heavy atom. The van der Waals surface area contributed by atoms with Crippen LogP contribution in [-0.4, -0.2) is 67.7 Å². The molecule has 15 nitrogen and oxygen atoms in total. The van der Waals surface area contributed by atoms with Gasteiger partial charge in [0.1, 0.15) is 0 Å². The first-order valence-corrected chi connectivity index (χ1v) is 11.6. The number of carboxylic acid groups (broad SMARTS) is 1. The Balaban J connectivity index is 2.47. The van der Waals surface area contributed by atoms with E-state index in [0.717, 1.165) is 11.5 Å².